The number of halogens is 3. The molecule has 5 fully saturated rings. The number of amides is 4. The van der Waals surface area contributed by atoms with Gasteiger partial charge in [-0.3, -0.25) is 14.9 Å². The Balaban J connectivity index is 1.12. The maximum absolute atomic E-state index is 14.1. The van der Waals surface area contributed by atoms with E-state index in [4.69, 9.17) is 4.74 Å². The van der Waals surface area contributed by atoms with Crippen LogP contribution in [0.4, 0.5) is 14.9 Å². The second-order valence-corrected chi connectivity index (χ2v) is 14.7. The average Bonchev–Trinajstić information content (AvgIpc) is 2.95. The molecule has 1 heterocycles. The molecule has 0 atom stereocenters. The second kappa shape index (κ2) is 11.3. The van der Waals surface area contributed by atoms with E-state index in [1.807, 2.05) is 12.1 Å². The van der Waals surface area contributed by atoms with Crippen molar-refractivity contribution in [3.05, 3.63) is 95.9 Å². The lowest BCUT2D eigenvalue weighted by molar-refractivity contribution is -0.122. The highest BCUT2D eigenvalue weighted by atomic mass is 127. The predicted octanol–water partition coefficient (Wildman–Crippen LogP) is 7.75. The van der Waals surface area contributed by atoms with E-state index in [1.165, 1.54) is 56.2 Å². The zero-order chi connectivity index (χ0) is 29.9. The van der Waals surface area contributed by atoms with Crippen molar-refractivity contribution in [1.82, 2.24) is 5.32 Å². The van der Waals surface area contributed by atoms with Crippen LogP contribution in [0.1, 0.15) is 55.2 Å². The molecule has 6 nitrogen and oxygen atoms in total. The van der Waals surface area contributed by atoms with E-state index in [0.29, 0.717) is 22.6 Å². The van der Waals surface area contributed by atoms with Crippen LogP contribution in [0.3, 0.4) is 0 Å². The number of nitrogens with one attached hydrogen (secondary N) is 1. The van der Waals surface area contributed by atoms with E-state index in [-0.39, 0.29) is 23.4 Å². The average molecular weight is 802 g/mol. The Morgan fingerprint density at radius 1 is 0.907 bits per heavy atom. The van der Waals surface area contributed by atoms with Crippen LogP contribution in [-0.2, 0) is 21.6 Å². The van der Waals surface area contributed by atoms with Gasteiger partial charge in [0.2, 0.25) is 0 Å². The highest BCUT2D eigenvalue weighted by Gasteiger charge is 2.51. The van der Waals surface area contributed by atoms with Crippen LogP contribution in [0.5, 0.6) is 5.75 Å². The molecule has 5 aliphatic rings. The number of nitrogens with zero attached hydrogens (tertiary/aromatic N) is 1. The molecule has 0 aromatic heterocycles. The Kier molecular flexibility index (Phi) is 7.59. The highest BCUT2D eigenvalue weighted by molar-refractivity contribution is 14.1. The molecule has 0 spiro atoms. The van der Waals surface area contributed by atoms with Gasteiger partial charge >= 0.3 is 6.03 Å². The third-order valence-corrected chi connectivity index (χ3v) is 11.1. The fourth-order valence-electron chi connectivity index (χ4n) is 8.05. The molecule has 4 amide bonds. The Morgan fingerprint density at radius 2 is 1.51 bits per heavy atom. The van der Waals surface area contributed by atoms with E-state index in [1.54, 1.807) is 30.3 Å². The van der Waals surface area contributed by atoms with Crippen LogP contribution in [0.25, 0.3) is 6.08 Å². The lowest BCUT2D eigenvalue weighted by atomic mass is 9.48. The minimum atomic E-state index is -0.754. The molecular formula is C34H29FI2N2O4. The van der Waals surface area contributed by atoms with Gasteiger partial charge in [0.05, 0.1) is 12.8 Å². The summed E-state index contributed by atoms with van der Waals surface area (Å²) in [6.45, 7) is 0.0682. The van der Waals surface area contributed by atoms with E-state index in [2.05, 4.69) is 62.6 Å². The normalized spacial score (nSPS) is 27.1. The van der Waals surface area contributed by atoms with Crippen LogP contribution in [0.15, 0.2) is 66.2 Å². The summed E-state index contributed by atoms with van der Waals surface area (Å²) < 4.78 is 21.5. The van der Waals surface area contributed by atoms with Gasteiger partial charge in [-0.1, -0.05) is 30.3 Å². The Bertz CT molecular complexity index is 1630. The summed E-state index contributed by atoms with van der Waals surface area (Å²) in [6, 6.07) is 17.1. The second-order valence-electron chi connectivity index (χ2n) is 12.4. The number of carbonyl (C=O) groups is 3. The Labute approximate surface area is 276 Å². The van der Waals surface area contributed by atoms with Gasteiger partial charge in [-0.25, -0.2) is 14.1 Å². The van der Waals surface area contributed by atoms with Crippen molar-refractivity contribution in [3.8, 4) is 5.75 Å². The number of barbiturate groups is 1. The monoisotopic (exact) mass is 802 g/mol. The van der Waals surface area contributed by atoms with Gasteiger partial charge in [0.1, 0.15) is 23.7 Å². The van der Waals surface area contributed by atoms with Crippen molar-refractivity contribution in [2.45, 2.75) is 50.5 Å². The first-order valence-corrected chi connectivity index (χ1v) is 16.7. The maximum atomic E-state index is 14.1. The zero-order valence-corrected chi connectivity index (χ0v) is 27.6. The summed E-state index contributed by atoms with van der Waals surface area (Å²) in [6.07, 6.45) is 9.28. The van der Waals surface area contributed by atoms with Crippen LogP contribution in [0, 0.1) is 30.7 Å². The van der Waals surface area contributed by atoms with Gasteiger partial charge in [-0.05, 0) is 154 Å². The molecule has 0 radical (unpaired) electrons. The highest BCUT2D eigenvalue weighted by Crippen LogP contribution is 2.60. The third kappa shape index (κ3) is 5.40. The number of urea groups is 1. The molecule has 4 aliphatic carbocycles. The minimum absolute atomic E-state index is 0.0682. The molecule has 8 rings (SSSR count). The Hall–Kier alpha value is -2.80. The SMILES string of the molecule is O=C1NC(=O)N(c2ccc(C34CC5CC(CC(C5)C3)C4)cc2)C(=O)/C1=C/c1cc(I)c(OCc2ccccc2F)c(I)c1. The molecule has 1 saturated heterocycles. The number of imide groups is 2. The fraction of sp³-hybridized carbons (Fsp3) is 0.324. The largest absolute Gasteiger partial charge is 0.487 e. The van der Waals surface area contributed by atoms with Gasteiger partial charge in [0, 0.05) is 5.56 Å². The molecule has 1 aliphatic heterocycles. The number of hydrogen-bond acceptors (Lipinski definition) is 4. The molecule has 220 valence electrons. The molecule has 4 bridgehead atoms. The van der Waals surface area contributed by atoms with E-state index >= 15 is 0 Å². The minimum Gasteiger partial charge on any atom is -0.487 e. The molecule has 3 aromatic rings. The smallest absolute Gasteiger partial charge is 0.335 e. The summed E-state index contributed by atoms with van der Waals surface area (Å²) in [5.74, 6) is 1.30. The molecule has 43 heavy (non-hydrogen) atoms. The van der Waals surface area contributed by atoms with Crippen molar-refractivity contribution in [2.24, 2.45) is 17.8 Å². The van der Waals surface area contributed by atoms with Gasteiger partial charge in [0.15, 0.2) is 0 Å². The summed E-state index contributed by atoms with van der Waals surface area (Å²) in [5, 5.41) is 2.33. The van der Waals surface area contributed by atoms with E-state index in [0.717, 1.165) is 29.8 Å². The van der Waals surface area contributed by atoms with Crippen molar-refractivity contribution in [1.29, 1.82) is 0 Å². The van der Waals surface area contributed by atoms with Crippen molar-refractivity contribution in [2.75, 3.05) is 4.90 Å². The molecule has 9 heteroatoms. The predicted molar refractivity (Wildman–Crippen MR) is 178 cm³/mol. The van der Waals surface area contributed by atoms with Crippen LogP contribution < -0.4 is 15.0 Å². The van der Waals surface area contributed by atoms with Crippen LogP contribution in [-0.4, -0.2) is 17.8 Å². The van der Waals surface area contributed by atoms with Crippen molar-refractivity contribution in [3.63, 3.8) is 0 Å². The lowest BCUT2D eigenvalue weighted by Gasteiger charge is -2.57. The molecule has 4 saturated carbocycles. The zero-order valence-electron chi connectivity index (χ0n) is 23.2. The summed E-state index contributed by atoms with van der Waals surface area (Å²) >= 11 is 4.23. The molecular weight excluding hydrogens is 773 g/mol. The van der Waals surface area contributed by atoms with Crippen molar-refractivity contribution < 1.29 is 23.5 Å². The van der Waals surface area contributed by atoms with Gasteiger partial charge in [-0.2, -0.15) is 0 Å². The summed E-state index contributed by atoms with van der Waals surface area (Å²) in [4.78, 5) is 40.4. The Morgan fingerprint density at radius 3 is 2.12 bits per heavy atom. The standard InChI is InChI=1S/C34H29FI2N2O4/c35-27-4-2-1-3-23(27)18-43-30-28(36)13-19(14-29(30)37)12-26-31(40)38-33(42)39(32(26)41)25-7-5-24(6-8-25)34-15-20-9-21(16-34)11-22(10-20)17-34/h1-8,12-14,20-22H,9-11,15-18H2,(H,38,40,42)/b26-12+. The maximum Gasteiger partial charge on any atom is 0.335 e. The first kappa shape index (κ1) is 28.9. The topological polar surface area (TPSA) is 75.7 Å². The molecule has 0 unspecified atom stereocenters. The van der Waals surface area contributed by atoms with E-state index in [9.17, 15) is 18.8 Å². The molecule has 3 aromatic carbocycles. The quantitative estimate of drug-likeness (QED) is 0.157. The summed E-state index contributed by atoms with van der Waals surface area (Å²) in [7, 11) is 0. The first-order valence-electron chi connectivity index (χ1n) is 14.6. The van der Waals surface area contributed by atoms with Gasteiger partial charge in [0.25, 0.3) is 11.8 Å². The number of rotatable bonds is 6. The molecule has 1 N–H and O–H groups in total. The number of carbonyl (C=O) groups excluding carboxylic acids is 3. The van der Waals surface area contributed by atoms with Crippen molar-refractivity contribution >= 4 is 74.8 Å². The van der Waals surface area contributed by atoms with Gasteiger partial charge in [-0.15, -0.1) is 0 Å². The first-order chi connectivity index (χ1) is 20.7. The van der Waals surface area contributed by atoms with Crippen LogP contribution >= 0.6 is 45.2 Å². The number of ether oxygens (including phenoxy) is 1. The third-order valence-electron chi connectivity index (χ3n) is 9.54. The lowest BCUT2D eigenvalue weighted by Crippen LogP contribution is -2.54. The number of benzene rings is 3. The number of hydrogen-bond donors (Lipinski definition) is 1. The van der Waals surface area contributed by atoms with Crippen LogP contribution in [0.2, 0.25) is 0 Å². The summed E-state index contributed by atoms with van der Waals surface area (Å²) in [5.41, 5.74) is 2.87. The van der Waals surface area contributed by atoms with E-state index < -0.39 is 17.8 Å². The van der Waals surface area contributed by atoms with Gasteiger partial charge < -0.3 is 4.74 Å². The number of anilines is 1. The fourth-order valence-corrected chi connectivity index (χ4v) is 10.2.